The molecule has 0 bridgehead atoms. The SMILES string of the molecule is FC(F)(F)c1ccc(/C=C/C2=CS/C(=C3/SC=C(/C=C/c4ccc(C(F)(F)F)cc4)S3)S2)cc1. The van der Waals surface area contributed by atoms with E-state index in [1.807, 2.05) is 23.0 Å². The van der Waals surface area contributed by atoms with Gasteiger partial charge in [0.05, 0.1) is 19.6 Å². The van der Waals surface area contributed by atoms with Crippen molar-refractivity contribution >= 4 is 59.2 Å². The summed E-state index contributed by atoms with van der Waals surface area (Å²) in [6.07, 6.45) is -1.40. The number of halogens is 6. The minimum absolute atomic E-state index is 0.673. The third-order valence-corrected chi connectivity index (χ3v) is 9.74. The second-order valence-electron chi connectivity index (χ2n) is 6.96. The molecular weight excluding hydrogens is 531 g/mol. The maximum atomic E-state index is 12.7. The van der Waals surface area contributed by atoms with Crippen molar-refractivity contribution in [2.24, 2.45) is 0 Å². The molecule has 2 aromatic carbocycles. The third-order valence-electron chi connectivity index (χ3n) is 4.51. The van der Waals surface area contributed by atoms with Gasteiger partial charge in [-0.3, -0.25) is 0 Å². The van der Waals surface area contributed by atoms with Crippen molar-refractivity contribution in [2.75, 3.05) is 0 Å². The number of rotatable bonds is 4. The summed E-state index contributed by atoms with van der Waals surface area (Å²) in [5.74, 6) is 0. The maximum absolute atomic E-state index is 12.7. The van der Waals surface area contributed by atoms with Crippen LogP contribution in [0.1, 0.15) is 22.3 Å². The first-order valence-corrected chi connectivity index (χ1v) is 13.0. The standard InChI is InChI=1S/C24H14F6S4/c25-23(26,27)17-7-1-15(2-8-17)5-11-19-13-31-21(33-19)22-32-14-20(34-22)12-6-16-3-9-18(10-4-16)24(28,29)30/h1-14H/b11-5+,12-6+,22-21+. The molecule has 2 aliphatic rings. The molecule has 2 aliphatic heterocycles. The Kier molecular flexibility index (Phi) is 7.71. The maximum Gasteiger partial charge on any atom is 0.416 e. The molecule has 2 aromatic rings. The van der Waals surface area contributed by atoms with Gasteiger partial charge in [-0.25, -0.2) is 0 Å². The predicted octanol–water partition coefficient (Wildman–Crippen LogP) is 10.2. The van der Waals surface area contributed by atoms with Crippen molar-refractivity contribution in [2.45, 2.75) is 12.4 Å². The predicted molar refractivity (Wildman–Crippen MR) is 135 cm³/mol. The molecule has 2 heterocycles. The van der Waals surface area contributed by atoms with Crippen molar-refractivity contribution in [3.05, 3.63) is 112 Å². The smallest absolute Gasteiger partial charge is 0.166 e. The van der Waals surface area contributed by atoms with Crippen LogP contribution in [-0.2, 0) is 12.4 Å². The summed E-state index contributed by atoms with van der Waals surface area (Å²) in [5.41, 5.74) is 0.0189. The van der Waals surface area contributed by atoms with Gasteiger partial charge in [0.15, 0.2) is 0 Å². The molecule has 4 rings (SSSR count). The van der Waals surface area contributed by atoms with E-state index in [4.69, 9.17) is 0 Å². The van der Waals surface area contributed by atoms with E-state index >= 15 is 0 Å². The first-order valence-electron chi connectivity index (χ1n) is 9.62. The molecular formula is C24H14F6S4. The van der Waals surface area contributed by atoms with Gasteiger partial charge in [0.25, 0.3) is 0 Å². The molecule has 0 saturated heterocycles. The van der Waals surface area contributed by atoms with Crippen LogP contribution in [0.15, 0.2) is 89.8 Å². The zero-order valence-electron chi connectivity index (χ0n) is 17.0. The Hall–Kier alpha value is -1.88. The Morgan fingerprint density at radius 2 is 0.853 bits per heavy atom. The fourth-order valence-corrected chi connectivity index (χ4v) is 7.45. The van der Waals surface area contributed by atoms with Gasteiger partial charge in [-0.2, -0.15) is 26.3 Å². The summed E-state index contributed by atoms with van der Waals surface area (Å²) in [4.78, 5) is 1.98. The van der Waals surface area contributed by atoms with Crippen LogP contribution in [0, 0.1) is 0 Å². The molecule has 0 aliphatic carbocycles. The van der Waals surface area contributed by atoms with Gasteiger partial charge in [0.1, 0.15) is 0 Å². The molecule has 0 saturated carbocycles. The molecule has 176 valence electrons. The number of hydrogen-bond donors (Lipinski definition) is 0. The Balaban J connectivity index is 1.32. The second-order valence-corrected chi connectivity index (χ2v) is 11.4. The molecule has 10 heteroatoms. The molecule has 0 radical (unpaired) electrons. The van der Waals surface area contributed by atoms with Crippen molar-refractivity contribution in [3.8, 4) is 0 Å². The Bertz CT molecular complexity index is 1100. The normalized spacial score (nSPS) is 19.4. The highest BCUT2D eigenvalue weighted by Gasteiger charge is 2.30. The average molecular weight is 545 g/mol. The van der Waals surface area contributed by atoms with Crippen molar-refractivity contribution in [3.63, 3.8) is 0 Å². The summed E-state index contributed by atoms with van der Waals surface area (Å²) >= 11 is 6.34. The lowest BCUT2D eigenvalue weighted by molar-refractivity contribution is -0.138. The lowest BCUT2D eigenvalue weighted by Gasteiger charge is -2.06. The van der Waals surface area contributed by atoms with E-state index in [1.165, 1.54) is 24.3 Å². The molecule has 0 fully saturated rings. The Morgan fingerprint density at radius 1 is 0.500 bits per heavy atom. The van der Waals surface area contributed by atoms with E-state index in [1.54, 1.807) is 59.2 Å². The molecule has 0 amide bonds. The molecule has 0 atom stereocenters. The van der Waals surface area contributed by atoms with Crippen molar-refractivity contribution in [1.82, 2.24) is 0 Å². The van der Waals surface area contributed by atoms with Crippen LogP contribution < -0.4 is 0 Å². The highest BCUT2D eigenvalue weighted by atomic mass is 32.2. The molecule has 0 unspecified atom stereocenters. The van der Waals surface area contributed by atoms with Gasteiger partial charge in [-0.1, -0.05) is 83.5 Å². The molecule has 34 heavy (non-hydrogen) atoms. The van der Waals surface area contributed by atoms with Crippen LogP contribution in [0.2, 0.25) is 0 Å². The minimum atomic E-state index is -4.35. The summed E-state index contributed by atoms with van der Waals surface area (Å²) in [6, 6.07) is 10.0. The van der Waals surface area contributed by atoms with Crippen LogP contribution in [0.5, 0.6) is 0 Å². The largest absolute Gasteiger partial charge is 0.416 e. The lowest BCUT2D eigenvalue weighted by Crippen LogP contribution is -2.03. The number of benzene rings is 2. The van der Waals surface area contributed by atoms with Crippen molar-refractivity contribution < 1.29 is 26.3 Å². The topological polar surface area (TPSA) is 0 Å². The van der Waals surface area contributed by atoms with Crippen LogP contribution in [0.25, 0.3) is 12.2 Å². The number of allylic oxidation sites excluding steroid dienone is 2. The average Bonchev–Trinajstić information content (AvgIpc) is 3.45. The minimum Gasteiger partial charge on any atom is -0.166 e. The Labute approximate surface area is 209 Å². The fourth-order valence-electron chi connectivity index (χ4n) is 2.78. The zero-order valence-corrected chi connectivity index (χ0v) is 20.2. The van der Waals surface area contributed by atoms with Gasteiger partial charge >= 0.3 is 12.4 Å². The molecule has 0 aromatic heterocycles. The lowest BCUT2D eigenvalue weighted by atomic mass is 10.1. The van der Waals surface area contributed by atoms with Crippen LogP contribution >= 0.6 is 47.0 Å². The second kappa shape index (κ2) is 10.4. The highest BCUT2D eigenvalue weighted by Crippen LogP contribution is 2.55. The third kappa shape index (κ3) is 6.62. The van der Waals surface area contributed by atoms with E-state index in [0.29, 0.717) is 11.1 Å². The number of hydrogen-bond acceptors (Lipinski definition) is 4. The van der Waals surface area contributed by atoms with E-state index in [9.17, 15) is 26.3 Å². The fraction of sp³-hybridized carbons (Fsp3) is 0.0833. The molecule has 0 spiro atoms. The van der Waals surface area contributed by atoms with Gasteiger partial charge in [-0.15, -0.1) is 0 Å². The van der Waals surface area contributed by atoms with E-state index in [0.717, 1.165) is 42.6 Å². The summed E-state index contributed by atoms with van der Waals surface area (Å²) in [5, 5.41) is 3.98. The van der Waals surface area contributed by atoms with E-state index in [-0.39, 0.29) is 0 Å². The summed E-state index contributed by atoms with van der Waals surface area (Å²) in [6.45, 7) is 0. The van der Waals surface area contributed by atoms with Gasteiger partial charge in [0, 0.05) is 9.81 Å². The van der Waals surface area contributed by atoms with Crippen LogP contribution in [0.4, 0.5) is 26.3 Å². The van der Waals surface area contributed by atoms with E-state index < -0.39 is 23.5 Å². The highest BCUT2D eigenvalue weighted by molar-refractivity contribution is 8.33. The van der Waals surface area contributed by atoms with Gasteiger partial charge in [0.2, 0.25) is 0 Å². The molecule has 0 nitrogen and oxygen atoms in total. The zero-order chi connectivity index (χ0) is 24.3. The number of thioether (sulfide) groups is 4. The van der Waals surface area contributed by atoms with Gasteiger partial charge in [-0.05, 0) is 58.4 Å². The monoisotopic (exact) mass is 544 g/mol. The summed E-state index contributed by atoms with van der Waals surface area (Å²) < 4.78 is 78.2. The van der Waals surface area contributed by atoms with Gasteiger partial charge < -0.3 is 0 Å². The van der Waals surface area contributed by atoms with Crippen LogP contribution in [-0.4, -0.2) is 0 Å². The first-order chi connectivity index (χ1) is 16.1. The Morgan fingerprint density at radius 3 is 1.18 bits per heavy atom. The van der Waals surface area contributed by atoms with Crippen molar-refractivity contribution in [1.29, 1.82) is 0 Å². The molecule has 0 N–H and O–H groups in total. The number of alkyl halides is 6. The summed E-state index contributed by atoms with van der Waals surface area (Å²) in [7, 11) is 0. The van der Waals surface area contributed by atoms with E-state index in [2.05, 4.69) is 0 Å². The first kappa shape index (κ1) is 25.2. The quantitative estimate of drug-likeness (QED) is 0.351. The van der Waals surface area contributed by atoms with Crippen LogP contribution in [0.3, 0.4) is 0 Å².